The Morgan fingerprint density at radius 1 is 1.16 bits per heavy atom. The lowest BCUT2D eigenvalue weighted by Crippen LogP contribution is -2.43. The summed E-state index contributed by atoms with van der Waals surface area (Å²) in [6.45, 7) is 6.52. The van der Waals surface area contributed by atoms with E-state index in [1.165, 1.54) is 30.3 Å². The number of hydrogen-bond donors (Lipinski definition) is 4. The maximum Gasteiger partial charge on any atom is 0.229 e. The molecule has 1 saturated carbocycles. The highest BCUT2D eigenvalue weighted by Gasteiger charge is 2.44. The van der Waals surface area contributed by atoms with Gasteiger partial charge in [-0.3, -0.25) is 9.59 Å². The fraction of sp³-hybridized carbons (Fsp3) is 0.481. The summed E-state index contributed by atoms with van der Waals surface area (Å²) in [5, 5.41) is 17.2. The van der Waals surface area contributed by atoms with Crippen molar-refractivity contribution in [2.24, 2.45) is 11.3 Å². The quantitative estimate of drug-likeness (QED) is 0.398. The Morgan fingerprint density at radius 2 is 1.86 bits per heavy atom. The molecule has 2 aromatic rings. The fourth-order valence-electron chi connectivity index (χ4n) is 4.77. The number of aliphatic hydroxyl groups excluding tert-OH is 1. The maximum atomic E-state index is 14.5. The number of amides is 2. The molecular formula is C27H33ClF3N3O3. The van der Waals surface area contributed by atoms with E-state index in [9.17, 15) is 22.8 Å². The lowest BCUT2D eigenvalue weighted by Gasteiger charge is -2.30. The van der Waals surface area contributed by atoms with Gasteiger partial charge < -0.3 is 21.1 Å². The third-order valence-electron chi connectivity index (χ3n) is 6.59. The monoisotopic (exact) mass is 539 g/mol. The van der Waals surface area contributed by atoms with E-state index < -0.39 is 29.3 Å². The molecule has 4 N–H and O–H groups in total. The molecule has 0 bridgehead atoms. The molecule has 4 rings (SSSR count). The number of aliphatic hydroxyl groups is 1. The Labute approximate surface area is 220 Å². The van der Waals surface area contributed by atoms with Crippen molar-refractivity contribution in [3.63, 3.8) is 0 Å². The molecule has 37 heavy (non-hydrogen) atoms. The second-order valence-electron chi connectivity index (χ2n) is 10.8. The van der Waals surface area contributed by atoms with E-state index >= 15 is 0 Å². The van der Waals surface area contributed by atoms with Gasteiger partial charge in [-0.2, -0.15) is 0 Å². The molecule has 3 atom stereocenters. The number of carbonyl (C=O) groups is 2. The summed E-state index contributed by atoms with van der Waals surface area (Å²) < 4.78 is 41.7. The summed E-state index contributed by atoms with van der Waals surface area (Å²) in [4.78, 5) is 22.9. The van der Waals surface area contributed by atoms with E-state index in [0.29, 0.717) is 25.1 Å². The minimum absolute atomic E-state index is 0.0786. The van der Waals surface area contributed by atoms with Crippen LogP contribution in [-0.2, 0) is 9.59 Å². The number of carbonyl (C=O) groups excluding carboxylic acids is 2. The highest BCUT2D eigenvalue weighted by molar-refractivity contribution is 6.31. The molecule has 10 heteroatoms. The van der Waals surface area contributed by atoms with Gasteiger partial charge >= 0.3 is 0 Å². The SMILES string of the molecule is CC(C)(C)CC1NCC(c2cccc(F)c2F)C1C(=O)Nc1ccc(F)c(Cl)c1.O=CNC1CC(O)C1. The summed E-state index contributed by atoms with van der Waals surface area (Å²) in [6.07, 6.45) is 2.61. The molecule has 1 aliphatic carbocycles. The summed E-state index contributed by atoms with van der Waals surface area (Å²) in [7, 11) is 0. The van der Waals surface area contributed by atoms with Crippen LogP contribution in [-0.4, -0.2) is 42.2 Å². The Balaban J connectivity index is 0.000000405. The van der Waals surface area contributed by atoms with Gasteiger partial charge in [-0.1, -0.05) is 44.5 Å². The van der Waals surface area contributed by atoms with Crippen LogP contribution in [0.25, 0.3) is 0 Å². The van der Waals surface area contributed by atoms with Crippen LogP contribution in [0, 0.1) is 28.8 Å². The number of nitrogens with one attached hydrogen (secondary N) is 3. The Kier molecular flexibility index (Phi) is 9.61. The molecule has 3 unspecified atom stereocenters. The van der Waals surface area contributed by atoms with E-state index in [1.54, 1.807) is 0 Å². The second kappa shape index (κ2) is 12.3. The zero-order valence-electron chi connectivity index (χ0n) is 21.0. The minimum Gasteiger partial charge on any atom is -0.393 e. The third kappa shape index (κ3) is 7.69. The molecule has 1 aliphatic heterocycles. The molecule has 6 nitrogen and oxygen atoms in total. The highest BCUT2D eigenvalue weighted by atomic mass is 35.5. The number of anilines is 1. The number of rotatable bonds is 6. The van der Waals surface area contributed by atoms with Gasteiger partial charge in [0.25, 0.3) is 0 Å². The number of benzene rings is 2. The maximum absolute atomic E-state index is 14.5. The van der Waals surface area contributed by atoms with Crippen molar-refractivity contribution in [1.29, 1.82) is 0 Å². The van der Waals surface area contributed by atoms with Gasteiger partial charge in [-0.25, -0.2) is 13.2 Å². The van der Waals surface area contributed by atoms with Crippen LogP contribution in [0.1, 0.15) is 51.5 Å². The molecule has 1 saturated heterocycles. The average Bonchev–Trinajstić information content (AvgIpc) is 3.19. The summed E-state index contributed by atoms with van der Waals surface area (Å²) in [5.74, 6) is -3.97. The van der Waals surface area contributed by atoms with Gasteiger partial charge in [0.1, 0.15) is 5.82 Å². The van der Waals surface area contributed by atoms with Gasteiger partial charge in [-0.15, -0.1) is 0 Å². The minimum atomic E-state index is -0.939. The average molecular weight is 540 g/mol. The van der Waals surface area contributed by atoms with Crippen molar-refractivity contribution < 1.29 is 27.9 Å². The van der Waals surface area contributed by atoms with Gasteiger partial charge in [0.15, 0.2) is 11.6 Å². The van der Waals surface area contributed by atoms with Crippen molar-refractivity contribution in [1.82, 2.24) is 10.6 Å². The Morgan fingerprint density at radius 3 is 2.46 bits per heavy atom. The van der Waals surface area contributed by atoms with E-state index in [-0.39, 0.29) is 40.1 Å². The number of hydrogen-bond acceptors (Lipinski definition) is 4. The van der Waals surface area contributed by atoms with Crippen molar-refractivity contribution in [3.05, 3.63) is 64.4 Å². The first-order chi connectivity index (χ1) is 17.4. The van der Waals surface area contributed by atoms with Crippen LogP contribution in [0.15, 0.2) is 36.4 Å². The van der Waals surface area contributed by atoms with Crippen LogP contribution in [0.4, 0.5) is 18.9 Å². The van der Waals surface area contributed by atoms with Gasteiger partial charge in [0.05, 0.1) is 17.0 Å². The second-order valence-corrected chi connectivity index (χ2v) is 11.2. The van der Waals surface area contributed by atoms with Gasteiger partial charge in [0.2, 0.25) is 12.3 Å². The van der Waals surface area contributed by atoms with Crippen molar-refractivity contribution in [3.8, 4) is 0 Å². The van der Waals surface area contributed by atoms with Crippen molar-refractivity contribution >= 4 is 29.6 Å². The molecule has 0 radical (unpaired) electrons. The fourth-order valence-corrected chi connectivity index (χ4v) is 4.95. The van der Waals surface area contributed by atoms with Crippen LogP contribution in [0.3, 0.4) is 0 Å². The first-order valence-electron chi connectivity index (χ1n) is 12.2. The predicted octanol–water partition coefficient (Wildman–Crippen LogP) is 4.76. The Bertz CT molecular complexity index is 1110. The largest absolute Gasteiger partial charge is 0.393 e. The van der Waals surface area contributed by atoms with E-state index in [0.717, 1.165) is 18.9 Å². The predicted molar refractivity (Wildman–Crippen MR) is 137 cm³/mol. The van der Waals surface area contributed by atoms with E-state index in [1.807, 2.05) is 0 Å². The lowest BCUT2D eigenvalue weighted by atomic mass is 9.78. The summed E-state index contributed by atoms with van der Waals surface area (Å²) >= 11 is 5.81. The molecule has 0 aromatic heterocycles. The molecule has 0 spiro atoms. The van der Waals surface area contributed by atoms with Crippen LogP contribution >= 0.6 is 11.6 Å². The highest BCUT2D eigenvalue weighted by Crippen LogP contribution is 2.39. The topological polar surface area (TPSA) is 90.5 Å². The van der Waals surface area contributed by atoms with Crippen molar-refractivity contribution in [2.45, 2.75) is 64.1 Å². The smallest absolute Gasteiger partial charge is 0.229 e. The first kappa shape index (κ1) is 28.9. The lowest BCUT2D eigenvalue weighted by molar-refractivity contribution is -0.120. The van der Waals surface area contributed by atoms with Crippen molar-refractivity contribution in [2.75, 3.05) is 11.9 Å². The third-order valence-corrected chi connectivity index (χ3v) is 6.88. The normalized spacial score (nSPS) is 24.9. The Hall–Kier alpha value is -2.62. The zero-order valence-corrected chi connectivity index (χ0v) is 21.8. The zero-order chi connectivity index (χ0) is 27.3. The first-order valence-corrected chi connectivity index (χ1v) is 12.6. The van der Waals surface area contributed by atoms with Crippen LogP contribution in [0.5, 0.6) is 0 Å². The van der Waals surface area contributed by atoms with E-state index in [4.69, 9.17) is 16.7 Å². The molecule has 202 valence electrons. The number of halogens is 4. The molecule has 2 aliphatic rings. The molecule has 2 fully saturated rings. The summed E-state index contributed by atoms with van der Waals surface area (Å²) in [6, 6.07) is 7.94. The molecule has 1 heterocycles. The van der Waals surface area contributed by atoms with Gasteiger partial charge in [-0.05, 0) is 54.5 Å². The standard InChI is InChI=1S/C22H24ClF3N2O.C5H9NO2/c1-22(2,3)10-18-19(21(29)28-12-7-8-16(24)15(23)9-12)14(11-27-18)13-5-4-6-17(25)20(13)26;7-3-6-4-1-5(8)2-4/h4-9,14,18-19,27H,10-11H2,1-3H3,(H,28,29);3-5,8H,1-2H2,(H,6,7). The van der Waals surface area contributed by atoms with Crippen LogP contribution in [0.2, 0.25) is 5.02 Å². The van der Waals surface area contributed by atoms with Crippen LogP contribution < -0.4 is 16.0 Å². The van der Waals surface area contributed by atoms with E-state index in [2.05, 4.69) is 36.7 Å². The molecular weight excluding hydrogens is 507 g/mol. The molecule has 2 aromatic carbocycles. The van der Waals surface area contributed by atoms with Gasteiger partial charge in [0, 0.05) is 30.2 Å². The molecule has 2 amide bonds. The summed E-state index contributed by atoms with van der Waals surface area (Å²) in [5.41, 5.74) is 0.442.